The molecule has 2 atom stereocenters. The summed E-state index contributed by atoms with van der Waals surface area (Å²) in [5, 5.41) is 0. The predicted octanol–water partition coefficient (Wildman–Crippen LogP) is 2.53. The SMILES string of the molecule is COC(=O)[C@@H]1C(c2cccc3c2CCO3)C1(C)C. The van der Waals surface area contributed by atoms with Crippen LogP contribution >= 0.6 is 0 Å². The first-order valence-corrected chi connectivity index (χ1v) is 6.39. The number of hydrogen-bond acceptors (Lipinski definition) is 3. The standard InChI is InChI=1S/C15H18O3/c1-15(2)12(13(15)14(16)17-3)10-5-4-6-11-9(10)7-8-18-11/h4-6,12-13H,7-8H2,1-3H3/t12?,13-/m0/s1. The Morgan fingerprint density at radius 3 is 2.94 bits per heavy atom. The molecule has 1 fully saturated rings. The van der Waals surface area contributed by atoms with Gasteiger partial charge >= 0.3 is 5.97 Å². The first kappa shape index (κ1) is 11.6. The number of methoxy groups -OCH3 is 1. The van der Waals surface area contributed by atoms with Crippen LogP contribution in [0.1, 0.15) is 30.9 Å². The number of rotatable bonds is 2. The van der Waals surface area contributed by atoms with Crippen molar-refractivity contribution in [2.24, 2.45) is 11.3 Å². The van der Waals surface area contributed by atoms with E-state index in [0.29, 0.717) is 0 Å². The zero-order chi connectivity index (χ0) is 12.9. The van der Waals surface area contributed by atoms with Gasteiger partial charge in [0.1, 0.15) is 5.75 Å². The molecular weight excluding hydrogens is 228 g/mol. The Bertz CT molecular complexity index is 504. The van der Waals surface area contributed by atoms with E-state index in [9.17, 15) is 4.79 Å². The summed E-state index contributed by atoms with van der Waals surface area (Å²) in [5.41, 5.74) is 2.54. The number of carbonyl (C=O) groups excluding carboxylic acids is 1. The van der Waals surface area contributed by atoms with E-state index >= 15 is 0 Å². The maximum atomic E-state index is 11.8. The molecule has 18 heavy (non-hydrogen) atoms. The molecule has 1 unspecified atom stereocenters. The van der Waals surface area contributed by atoms with Crippen LogP contribution in [0.2, 0.25) is 0 Å². The van der Waals surface area contributed by atoms with E-state index in [0.717, 1.165) is 18.8 Å². The van der Waals surface area contributed by atoms with E-state index in [2.05, 4.69) is 19.9 Å². The molecule has 1 saturated carbocycles. The van der Waals surface area contributed by atoms with Gasteiger partial charge in [-0.1, -0.05) is 26.0 Å². The minimum absolute atomic E-state index is 0.00912. The lowest BCUT2D eigenvalue weighted by Gasteiger charge is -2.07. The highest BCUT2D eigenvalue weighted by Gasteiger charge is 2.63. The van der Waals surface area contributed by atoms with Gasteiger partial charge in [-0.05, 0) is 17.0 Å². The Morgan fingerprint density at radius 2 is 2.22 bits per heavy atom. The third-order valence-electron chi connectivity index (χ3n) is 4.40. The Balaban J connectivity index is 1.98. The summed E-state index contributed by atoms with van der Waals surface area (Å²) in [4.78, 5) is 11.8. The minimum Gasteiger partial charge on any atom is -0.493 e. The molecule has 0 N–H and O–H groups in total. The summed E-state index contributed by atoms with van der Waals surface area (Å²) in [7, 11) is 1.46. The fraction of sp³-hybridized carbons (Fsp3) is 0.533. The zero-order valence-electron chi connectivity index (χ0n) is 11.0. The molecule has 0 aromatic heterocycles. The number of fused-ring (bicyclic) bond motifs is 1. The summed E-state index contributed by atoms with van der Waals surface area (Å²) >= 11 is 0. The van der Waals surface area contributed by atoms with Crippen molar-refractivity contribution in [3.63, 3.8) is 0 Å². The second kappa shape index (κ2) is 3.74. The number of hydrogen-bond donors (Lipinski definition) is 0. The number of carbonyl (C=O) groups is 1. The van der Waals surface area contributed by atoms with Gasteiger partial charge in [0.25, 0.3) is 0 Å². The average molecular weight is 246 g/mol. The van der Waals surface area contributed by atoms with Crippen molar-refractivity contribution < 1.29 is 14.3 Å². The Labute approximate surface area is 107 Å². The van der Waals surface area contributed by atoms with Gasteiger partial charge in [-0.3, -0.25) is 4.79 Å². The summed E-state index contributed by atoms with van der Waals surface area (Å²) < 4.78 is 10.5. The van der Waals surface area contributed by atoms with Gasteiger partial charge in [0.15, 0.2) is 0 Å². The van der Waals surface area contributed by atoms with Crippen molar-refractivity contribution in [3.8, 4) is 5.75 Å². The summed E-state index contributed by atoms with van der Waals surface area (Å²) in [6.07, 6.45) is 0.950. The molecule has 3 nitrogen and oxygen atoms in total. The average Bonchev–Trinajstić information content (AvgIpc) is 2.75. The second-order valence-electron chi connectivity index (χ2n) is 5.72. The third kappa shape index (κ3) is 1.46. The van der Waals surface area contributed by atoms with Crippen LogP contribution in [0.25, 0.3) is 0 Å². The topological polar surface area (TPSA) is 35.5 Å². The van der Waals surface area contributed by atoms with Gasteiger partial charge in [0, 0.05) is 17.9 Å². The smallest absolute Gasteiger partial charge is 0.309 e. The molecule has 1 aromatic rings. The maximum absolute atomic E-state index is 11.8. The van der Waals surface area contributed by atoms with E-state index in [1.807, 2.05) is 12.1 Å². The molecule has 1 aliphatic heterocycles. The summed E-state index contributed by atoms with van der Waals surface area (Å²) in [6.45, 7) is 5.02. The quantitative estimate of drug-likeness (QED) is 0.752. The van der Waals surface area contributed by atoms with E-state index in [1.54, 1.807) is 0 Å². The fourth-order valence-corrected chi connectivity index (χ4v) is 3.32. The van der Waals surface area contributed by atoms with E-state index in [1.165, 1.54) is 18.2 Å². The van der Waals surface area contributed by atoms with E-state index in [4.69, 9.17) is 9.47 Å². The monoisotopic (exact) mass is 246 g/mol. The van der Waals surface area contributed by atoms with Gasteiger partial charge in [0.05, 0.1) is 19.6 Å². The number of esters is 1. The highest BCUT2D eigenvalue weighted by molar-refractivity contribution is 5.79. The Morgan fingerprint density at radius 1 is 1.44 bits per heavy atom. The fourth-order valence-electron chi connectivity index (χ4n) is 3.32. The Hall–Kier alpha value is -1.51. The van der Waals surface area contributed by atoms with Crippen LogP contribution in [0.4, 0.5) is 0 Å². The molecule has 3 rings (SSSR count). The lowest BCUT2D eigenvalue weighted by molar-refractivity contribution is -0.143. The molecule has 0 saturated heterocycles. The second-order valence-corrected chi connectivity index (χ2v) is 5.72. The first-order chi connectivity index (χ1) is 8.57. The van der Waals surface area contributed by atoms with Crippen LogP contribution in [0.5, 0.6) is 5.75 Å². The van der Waals surface area contributed by atoms with Crippen molar-refractivity contribution in [1.82, 2.24) is 0 Å². The van der Waals surface area contributed by atoms with Gasteiger partial charge in [-0.25, -0.2) is 0 Å². The predicted molar refractivity (Wildman–Crippen MR) is 67.7 cm³/mol. The van der Waals surface area contributed by atoms with E-state index < -0.39 is 0 Å². The summed E-state index contributed by atoms with van der Waals surface area (Å²) in [6, 6.07) is 6.15. The molecular formula is C15H18O3. The van der Waals surface area contributed by atoms with E-state index in [-0.39, 0.29) is 23.2 Å². The van der Waals surface area contributed by atoms with Crippen LogP contribution in [0.15, 0.2) is 18.2 Å². The number of ether oxygens (including phenoxy) is 2. The molecule has 96 valence electrons. The molecule has 1 aliphatic carbocycles. The number of benzene rings is 1. The molecule has 0 bridgehead atoms. The van der Waals surface area contributed by atoms with Gasteiger partial charge in [-0.15, -0.1) is 0 Å². The van der Waals surface area contributed by atoms with Crippen LogP contribution in [0.3, 0.4) is 0 Å². The van der Waals surface area contributed by atoms with Crippen molar-refractivity contribution >= 4 is 5.97 Å². The third-order valence-corrected chi connectivity index (χ3v) is 4.40. The molecule has 2 aliphatic rings. The highest BCUT2D eigenvalue weighted by Crippen LogP contribution is 2.65. The van der Waals surface area contributed by atoms with Crippen molar-refractivity contribution in [1.29, 1.82) is 0 Å². The largest absolute Gasteiger partial charge is 0.493 e. The van der Waals surface area contributed by atoms with Crippen molar-refractivity contribution in [3.05, 3.63) is 29.3 Å². The van der Waals surface area contributed by atoms with Crippen LogP contribution in [-0.2, 0) is 16.0 Å². The molecule has 1 heterocycles. The molecule has 0 spiro atoms. The molecule has 3 heteroatoms. The van der Waals surface area contributed by atoms with Crippen LogP contribution < -0.4 is 4.74 Å². The van der Waals surface area contributed by atoms with Crippen molar-refractivity contribution in [2.75, 3.05) is 13.7 Å². The van der Waals surface area contributed by atoms with Gasteiger partial charge < -0.3 is 9.47 Å². The first-order valence-electron chi connectivity index (χ1n) is 6.39. The molecule has 0 radical (unpaired) electrons. The maximum Gasteiger partial charge on any atom is 0.309 e. The lowest BCUT2D eigenvalue weighted by Crippen LogP contribution is -2.07. The lowest BCUT2D eigenvalue weighted by atomic mass is 9.96. The zero-order valence-corrected chi connectivity index (χ0v) is 11.0. The highest BCUT2D eigenvalue weighted by atomic mass is 16.5. The normalized spacial score (nSPS) is 27.3. The van der Waals surface area contributed by atoms with Crippen LogP contribution in [0, 0.1) is 11.3 Å². The van der Waals surface area contributed by atoms with Gasteiger partial charge in [-0.2, -0.15) is 0 Å². The van der Waals surface area contributed by atoms with Crippen molar-refractivity contribution in [2.45, 2.75) is 26.2 Å². The summed E-state index contributed by atoms with van der Waals surface area (Å²) in [5.74, 6) is 1.14. The molecule has 1 aromatic carbocycles. The minimum atomic E-state index is -0.0958. The molecule has 0 amide bonds. The Kier molecular flexibility index (Phi) is 2.40. The van der Waals surface area contributed by atoms with Gasteiger partial charge in [0.2, 0.25) is 0 Å². The van der Waals surface area contributed by atoms with Crippen LogP contribution in [-0.4, -0.2) is 19.7 Å².